The Balaban J connectivity index is 2.19. The minimum Gasteiger partial charge on any atom is -0.505 e. The van der Waals surface area contributed by atoms with E-state index in [4.69, 9.17) is 0 Å². The van der Waals surface area contributed by atoms with Gasteiger partial charge in [0.2, 0.25) is 5.91 Å². The predicted molar refractivity (Wildman–Crippen MR) is 76.5 cm³/mol. The largest absolute Gasteiger partial charge is 0.505 e. The highest BCUT2D eigenvalue weighted by molar-refractivity contribution is 5.99. The Labute approximate surface area is 114 Å². The molecule has 1 amide bonds. The zero-order valence-corrected chi connectivity index (χ0v) is 11.8. The highest BCUT2D eigenvalue weighted by Crippen LogP contribution is 2.30. The summed E-state index contributed by atoms with van der Waals surface area (Å²) in [6.45, 7) is 6.56. The van der Waals surface area contributed by atoms with Crippen molar-refractivity contribution in [3.05, 3.63) is 23.3 Å². The number of piperidine rings is 1. The highest BCUT2D eigenvalue weighted by atomic mass is 16.3. The van der Waals surface area contributed by atoms with E-state index >= 15 is 0 Å². The maximum Gasteiger partial charge on any atom is 0.244 e. The van der Waals surface area contributed by atoms with Gasteiger partial charge in [-0.1, -0.05) is 6.07 Å². The third-order valence-electron chi connectivity index (χ3n) is 3.81. The molecule has 1 aromatic carbocycles. The molecule has 104 valence electrons. The molecule has 0 radical (unpaired) electrons. The molecule has 3 N–H and O–H groups in total. The van der Waals surface area contributed by atoms with Gasteiger partial charge in [0.05, 0.1) is 11.2 Å². The number of phenolic OH excluding ortho intramolecular Hbond substituents is 1. The minimum absolute atomic E-state index is 0.0764. The summed E-state index contributed by atoms with van der Waals surface area (Å²) in [4.78, 5) is 12.4. The van der Waals surface area contributed by atoms with E-state index < -0.39 is 5.54 Å². The number of anilines is 1. The van der Waals surface area contributed by atoms with Crippen molar-refractivity contribution >= 4 is 11.6 Å². The molecule has 1 atom stereocenters. The minimum atomic E-state index is -0.539. The first-order valence-electron chi connectivity index (χ1n) is 6.79. The molecule has 1 aliphatic rings. The van der Waals surface area contributed by atoms with Gasteiger partial charge in [0, 0.05) is 0 Å². The SMILES string of the molecule is Cc1cc(C)c(O)c(NC(=O)C2(C)CCCCN2)c1. The molecule has 1 saturated heterocycles. The summed E-state index contributed by atoms with van der Waals surface area (Å²) in [7, 11) is 0. The fraction of sp³-hybridized carbons (Fsp3) is 0.533. The number of benzene rings is 1. The molecule has 19 heavy (non-hydrogen) atoms. The normalized spacial score (nSPS) is 23.1. The average Bonchev–Trinajstić information content (AvgIpc) is 2.36. The lowest BCUT2D eigenvalue weighted by Gasteiger charge is -2.33. The van der Waals surface area contributed by atoms with Crippen molar-refractivity contribution in [3.63, 3.8) is 0 Å². The Hall–Kier alpha value is -1.55. The van der Waals surface area contributed by atoms with E-state index in [0.29, 0.717) is 5.69 Å². The summed E-state index contributed by atoms with van der Waals surface area (Å²) in [6.07, 6.45) is 2.98. The predicted octanol–water partition coefficient (Wildman–Crippen LogP) is 2.48. The van der Waals surface area contributed by atoms with E-state index in [9.17, 15) is 9.90 Å². The van der Waals surface area contributed by atoms with Gasteiger partial charge >= 0.3 is 0 Å². The molecule has 1 aromatic rings. The number of carbonyl (C=O) groups is 1. The van der Waals surface area contributed by atoms with Crippen molar-refractivity contribution in [1.82, 2.24) is 5.32 Å². The summed E-state index contributed by atoms with van der Waals surface area (Å²) in [5, 5.41) is 16.1. The number of amides is 1. The number of hydrogen-bond donors (Lipinski definition) is 3. The van der Waals surface area contributed by atoms with Crippen LogP contribution in [0.3, 0.4) is 0 Å². The molecule has 2 rings (SSSR count). The fourth-order valence-corrected chi connectivity index (χ4v) is 2.57. The Morgan fingerprint density at radius 1 is 1.37 bits per heavy atom. The lowest BCUT2D eigenvalue weighted by molar-refractivity contribution is -0.122. The molecule has 4 heteroatoms. The van der Waals surface area contributed by atoms with E-state index in [-0.39, 0.29) is 11.7 Å². The molecular formula is C15H22N2O2. The lowest BCUT2D eigenvalue weighted by Crippen LogP contribution is -2.54. The number of aryl methyl sites for hydroxylation is 2. The van der Waals surface area contributed by atoms with Crippen LogP contribution in [0.25, 0.3) is 0 Å². The molecule has 4 nitrogen and oxygen atoms in total. The monoisotopic (exact) mass is 262 g/mol. The molecule has 0 aliphatic carbocycles. The number of hydrogen-bond acceptors (Lipinski definition) is 3. The lowest BCUT2D eigenvalue weighted by atomic mass is 9.90. The third-order valence-corrected chi connectivity index (χ3v) is 3.81. The highest BCUT2D eigenvalue weighted by Gasteiger charge is 2.34. The van der Waals surface area contributed by atoms with Crippen molar-refractivity contribution in [2.75, 3.05) is 11.9 Å². The van der Waals surface area contributed by atoms with E-state index in [1.165, 1.54) is 0 Å². The second-order valence-corrected chi connectivity index (χ2v) is 5.65. The number of aromatic hydroxyl groups is 1. The number of carbonyl (C=O) groups excluding carboxylic acids is 1. The van der Waals surface area contributed by atoms with Gasteiger partial charge in [-0.25, -0.2) is 0 Å². The first-order valence-corrected chi connectivity index (χ1v) is 6.79. The Bertz CT molecular complexity index is 491. The molecule has 1 unspecified atom stereocenters. The molecule has 1 aliphatic heterocycles. The Morgan fingerprint density at radius 2 is 2.11 bits per heavy atom. The maximum absolute atomic E-state index is 12.4. The van der Waals surface area contributed by atoms with Crippen molar-refractivity contribution in [3.8, 4) is 5.75 Å². The van der Waals surface area contributed by atoms with Crippen LogP contribution in [0.4, 0.5) is 5.69 Å². The topological polar surface area (TPSA) is 61.4 Å². The first-order chi connectivity index (χ1) is 8.92. The van der Waals surface area contributed by atoms with Crippen molar-refractivity contribution < 1.29 is 9.90 Å². The van der Waals surface area contributed by atoms with Gasteiger partial charge in [0.15, 0.2) is 0 Å². The molecule has 0 spiro atoms. The molecule has 0 bridgehead atoms. The average molecular weight is 262 g/mol. The van der Waals surface area contributed by atoms with Crippen LogP contribution in [0.15, 0.2) is 12.1 Å². The molecule has 0 saturated carbocycles. The standard InChI is InChI=1S/C15H22N2O2/c1-10-8-11(2)13(18)12(9-10)17-14(19)15(3)6-4-5-7-16-15/h8-9,16,18H,4-7H2,1-3H3,(H,17,19). The van der Waals surface area contributed by atoms with Gasteiger partial charge in [-0.05, 0) is 63.8 Å². The number of nitrogens with one attached hydrogen (secondary N) is 2. The van der Waals surface area contributed by atoms with Crippen LogP contribution in [0, 0.1) is 13.8 Å². The molecule has 0 aromatic heterocycles. The van der Waals surface area contributed by atoms with Gasteiger partial charge in [0.25, 0.3) is 0 Å². The van der Waals surface area contributed by atoms with Gasteiger partial charge in [-0.3, -0.25) is 4.79 Å². The van der Waals surface area contributed by atoms with Crippen LogP contribution in [0.2, 0.25) is 0 Å². The van der Waals surface area contributed by atoms with E-state index in [1.807, 2.05) is 26.8 Å². The smallest absolute Gasteiger partial charge is 0.244 e. The third kappa shape index (κ3) is 2.89. The van der Waals surface area contributed by atoms with Crippen LogP contribution >= 0.6 is 0 Å². The van der Waals surface area contributed by atoms with Crippen LogP contribution in [-0.2, 0) is 4.79 Å². The fourth-order valence-electron chi connectivity index (χ4n) is 2.57. The Morgan fingerprint density at radius 3 is 2.74 bits per heavy atom. The summed E-state index contributed by atoms with van der Waals surface area (Å²) < 4.78 is 0. The van der Waals surface area contributed by atoms with Gasteiger partial charge in [-0.15, -0.1) is 0 Å². The van der Waals surface area contributed by atoms with Crippen LogP contribution in [0.1, 0.15) is 37.3 Å². The summed E-state index contributed by atoms with van der Waals surface area (Å²) in [5.41, 5.74) is 1.75. The Kier molecular flexibility index (Phi) is 3.80. The zero-order valence-electron chi connectivity index (χ0n) is 11.8. The maximum atomic E-state index is 12.4. The molecule has 1 heterocycles. The van der Waals surface area contributed by atoms with Gasteiger partial charge in [-0.2, -0.15) is 0 Å². The molecule has 1 fully saturated rings. The van der Waals surface area contributed by atoms with Gasteiger partial charge in [0.1, 0.15) is 5.75 Å². The van der Waals surface area contributed by atoms with Crippen molar-refractivity contribution in [1.29, 1.82) is 0 Å². The van der Waals surface area contributed by atoms with Crippen molar-refractivity contribution in [2.24, 2.45) is 0 Å². The summed E-state index contributed by atoms with van der Waals surface area (Å²) in [5.74, 6) is 0.0749. The van der Waals surface area contributed by atoms with Crippen molar-refractivity contribution in [2.45, 2.75) is 45.6 Å². The summed E-state index contributed by atoms with van der Waals surface area (Å²) in [6, 6.07) is 3.69. The van der Waals surface area contributed by atoms with E-state index in [2.05, 4.69) is 10.6 Å². The zero-order chi connectivity index (χ0) is 14.0. The second kappa shape index (κ2) is 5.21. The van der Waals surface area contributed by atoms with Crippen LogP contribution < -0.4 is 10.6 Å². The van der Waals surface area contributed by atoms with Crippen LogP contribution in [0.5, 0.6) is 5.75 Å². The van der Waals surface area contributed by atoms with Gasteiger partial charge < -0.3 is 15.7 Å². The second-order valence-electron chi connectivity index (χ2n) is 5.65. The quantitative estimate of drug-likeness (QED) is 0.718. The number of rotatable bonds is 2. The number of phenols is 1. The van der Waals surface area contributed by atoms with E-state index in [0.717, 1.165) is 36.9 Å². The molecular weight excluding hydrogens is 240 g/mol. The first kappa shape index (κ1) is 13.9. The van der Waals surface area contributed by atoms with Crippen LogP contribution in [-0.4, -0.2) is 23.1 Å². The van der Waals surface area contributed by atoms with E-state index in [1.54, 1.807) is 6.07 Å². The summed E-state index contributed by atoms with van der Waals surface area (Å²) >= 11 is 0.